The predicted octanol–water partition coefficient (Wildman–Crippen LogP) is 3.57. The first kappa shape index (κ1) is 21.2. The van der Waals surface area contributed by atoms with Crippen LogP contribution in [0.2, 0.25) is 0 Å². The summed E-state index contributed by atoms with van der Waals surface area (Å²) in [5.41, 5.74) is 2.58. The van der Waals surface area contributed by atoms with Crippen molar-refractivity contribution >= 4 is 40.6 Å². The van der Waals surface area contributed by atoms with Gasteiger partial charge >= 0.3 is 5.97 Å². The number of methoxy groups -OCH3 is 1. The number of hydrogen-bond acceptors (Lipinski definition) is 6. The van der Waals surface area contributed by atoms with Crippen molar-refractivity contribution < 1.29 is 14.3 Å². The Balaban J connectivity index is 1.47. The molecule has 162 valence electrons. The lowest BCUT2D eigenvalue weighted by molar-refractivity contribution is -0.139. The third-order valence-electron chi connectivity index (χ3n) is 5.41. The van der Waals surface area contributed by atoms with Crippen LogP contribution in [0.25, 0.3) is 11.0 Å². The van der Waals surface area contributed by atoms with Gasteiger partial charge < -0.3 is 19.5 Å². The molecular weight excluding hydrogens is 412 g/mol. The van der Waals surface area contributed by atoms with Crippen LogP contribution in [0, 0.1) is 0 Å². The van der Waals surface area contributed by atoms with Gasteiger partial charge in [0.2, 0.25) is 5.95 Å². The fraction of sp³-hybridized carbons (Fsp3) is 0.348. The zero-order valence-corrected chi connectivity index (χ0v) is 18.5. The largest absolute Gasteiger partial charge is 0.468 e. The number of thioether (sulfide) groups is 1. The second-order valence-corrected chi connectivity index (χ2v) is 8.87. The number of esters is 1. The third-order valence-corrected chi connectivity index (χ3v) is 6.57. The molecule has 0 radical (unpaired) electrons. The van der Waals surface area contributed by atoms with Gasteiger partial charge in [-0.15, -0.1) is 11.8 Å². The molecule has 1 N–H and O–H groups in total. The molecule has 1 aromatic heterocycles. The lowest BCUT2D eigenvalue weighted by Gasteiger charge is -2.23. The molecule has 1 aliphatic heterocycles. The van der Waals surface area contributed by atoms with Crippen LogP contribution in [0.4, 0.5) is 5.95 Å². The summed E-state index contributed by atoms with van der Waals surface area (Å²) in [5, 5.41) is -0.383. The molecule has 1 aliphatic rings. The van der Waals surface area contributed by atoms with Gasteiger partial charge in [-0.25, -0.2) is 4.98 Å². The normalized spacial score (nSPS) is 15.5. The fourth-order valence-electron chi connectivity index (χ4n) is 3.74. The predicted molar refractivity (Wildman–Crippen MR) is 123 cm³/mol. The highest BCUT2D eigenvalue weighted by Crippen LogP contribution is 2.29. The van der Waals surface area contributed by atoms with Crippen LogP contribution in [0.1, 0.15) is 23.7 Å². The maximum atomic E-state index is 13.3. The molecule has 3 aromatic rings. The molecule has 0 aliphatic carbocycles. The molecule has 7 nitrogen and oxygen atoms in total. The molecule has 2 aromatic carbocycles. The highest BCUT2D eigenvalue weighted by atomic mass is 32.2. The number of H-pyrrole nitrogens is 1. The number of rotatable bonds is 5. The number of aromatic nitrogens is 2. The number of nitrogens with one attached hydrogen (secondary N) is 1. The number of anilines is 1. The van der Waals surface area contributed by atoms with Crippen LogP contribution in [-0.4, -0.2) is 65.3 Å². The topological polar surface area (TPSA) is 78.5 Å². The van der Waals surface area contributed by atoms with Gasteiger partial charge in [-0.1, -0.05) is 24.3 Å². The summed E-state index contributed by atoms with van der Waals surface area (Å²) < 4.78 is 4.82. The second-order valence-electron chi connectivity index (χ2n) is 7.49. The number of amides is 1. The number of para-hydroxylation sites is 2. The first-order chi connectivity index (χ1) is 15.1. The van der Waals surface area contributed by atoms with E-state index in [9.17, 15) is 9.59 Å². The zero-order chi connectivity index (χ0) is 21.8. The monoisotopic (exact) mass is 438 g/mol. The van der Waals surface area contributed by atoms with Crippen LogP contribution >= 0.6 is 11.8 Å². The van der Waals surface area contributed by atoms with Crippen LogP contribution < -0.4 is 4.90 Å². The van der Waals surface area contributed by atoms with Crippen molar-refractivity contribution in [3.63, 3.8) is 0 Å². The Bertz CT molecular complexity index is 1050. The van der Waals surface area contributed by atoms with Crippen molar-refractivity contribution in [2.45, 2.75) is 23.5 Å². The van der Waals surface area contributed by atoms with Gasteiger partial charge in [0.05, 0.1) is 23.7 Å². The van der Waals surface area contributed by atoms with Crippen LogP contribution in [-0.2, 0) is 9.53 Å². The number of aromatic amines is 1. The van der Waals surface area contributed by atoms with Crippen molar-refractivity contribution in [1.82, 2.24) is 14.9 Å². The summed E-state index contributed by atoms with van der Waals surface area (Å²) in [4.78, 5) is 38.1. The number of hydrogen-bond donors (Lipinski definition) is 1. The summed E-state index contributed by atoms with van der Waals surface area (Å²) >= 11 is 1.35. The minimum Gasteiger partial charge on any atom is -0.468 e. The highest BCUT2D eigenvalue weighted by molar-refractivity contribution is 8.00. The van der Waals surface area contributed by atoms with Gasteiger partial charge in [0.25, 0.3) is 5.91 Å². The Morgan fingerprint density at radius 3 is 2.65 bits per heavy atom. The molecule has 1 saturated heterocycles. The molecular formula is C23H26N4O3S. The van der Waals surface area contributed by atoms with Gasteiger partial charge in [0.1, 0.15) is 5.25 Å². The zero-order valence-electron chi connectivity index (χ0n) is 17.7. The van der Waals surface area contributed by atoms with Gasteiger partial charge in [-0.2, -0.15) is 0 Å². The Hall–Kier alpha value is -3.00. The smallest absolute Gasteiger partial charge is 0.318 e. The fourth-order valence-corrected chi connectivity index (χ4v) is 4.76. The molecule has 1 unspecified atom stereocenters. The van der Waals surface area contributed by atoms with E-state index >= 15 is 0 Å². The maximum absolute atomic E-state index is 13.3. The number of carbonyl (C=O) groups excluding carboxylic acids is 2. The van der Waals surface area contributed by atoms with E-state index in [-0.39, 0.29) is 17.1 Å². The number of benzene rings is 2. The van der Waals surface area contributed by atoms with Crippen molar-refractivity contribution in [3.8, 4) is 0 Å². The SMILES string of the molecule is COC(=O)C(C)Sc1ccccc1C(=O)N1CCCN(c2nc3ccccc3[nH]2)CC1. The number of fused-ring (bicyclic) bond motifs is 1. The quantitative estimate of drug-likeness (QED) is 0.485. The Morgan fingerprint density at radius 1 is 1.06 bits per heavy atom. The van der Waals surface area contributed by atoms with Crippen molar-refractivity contribution in [1.29, 1.82) is 0 Å². The van der Waals surface area contributed by atoms with E-state index in [1.165, 1.54) is 18.9 Å². The highest BCUT2D eigenvalue weighted by Gasteiger charge is 2.25. The van der Waals surface area contributed by atoms with E-state index in [1.807, 2.05) is 53.4 Å². The molecule has 0 bridgehead atoms. The molecule has 1 amide bonds. The number of imidazole rings is 1. The van der Waals surface area contributed by atoms with Crippen molar-refractivity contribution in [2.75, 3.05) is 38.2 Å². The molecule has 8 heteroatoms. The van der Waals surface area contributed by atoms with Crippen LogP contribution in [0.5, 0.6) is 0 Å². The maximum Gasteiger partial charge on any atom is 0.318 e. The summed E-state index contributed by atoms with van der Waals surface area (Å²) in [5.74, 6) is 0.536. The van der Waals surface area contributed by atoms with Gasteiger partial charge in [-0.05, 0) is 37.6 Å². The summed E-state index contributed by atoms with van der Waals surface area (Å²) in [6, 6.07) is 15.4. The summed E-state index contributed by atoms with van der Waals surface area (Å²) in [6.07, 6.45) is 0.858. The van der Waals surface area contributed by atoms with Gasteiger partial charge in [0, 0.05) is 31.1 Å². The Labute approximate surface area is 185 Å². The average Bonchev–Trinajstić information content (AvgIpc) is 3.07. The second kappa shape index (κ2) is 9.43. The average molecular weight is 439 g/mol. The van der Waals surface area contributed by atoms with Crippen LogP contribution in [0.3, 0.4) is 0 Å². The van der Waals surface area contributed by atoms with E-state index in [4.69, 9.17) is 9.72 Å². The molecule has 1 fully saturated rings. The van der Waals surface area contributed by atoms with Crippen LogP contribution in [0.15, 0.2) is 53.4 Å². The van der Waals surface area contributed by atoms with E-state index in [1.54, 1.807) is 6.92 Å². The lowest BCUT2D eigenvalue weighted by Crippen LogP contribution is -2.35. The van der Waals surface area contributed by atoms with Gasteiger partial charge in [0.15, 0.2) is 0 Å². The minimum absolute atomic E-state index is 0.00776. The molecule has 1 atom stereocenters. The standard InChI is InChI=1S/C23H26N4O3S/c1-16(22(29)30-2)31-20-11-6-3-8-17(20)21(28)26-12-7-13-27(15-14-26)23-24-18-9-4-5-10-19(18)25-23/h3-6,8-11,16H,7,12-15H2,1-2H3,(H,24,25). The van der Waals surface area contributed by atoms with Gasteiger partial charge in [-0.3, -0.25) is 9.59 Å². The van der Waals surface area contributed by atoms with E-state index in [2.05, 4.69) is 9.88 Å². The number of nitrogens with zero attached hydrogens (tertiary/aromatic N) is 3. The number of ether oxygens (including phenoxy) is 1. The van der Waals surface area contributed by atoms with E-state index in [0.717, 1.165) is 34.8 Å². The molecule has 0 saturated carbocycles. The summed E-state index contributed by atoms with van der Waals surface area (Å²) in [7, 11) is 1.38. The van der Waals surface area contributed by atoms with Crippen molar-refractivity contribution in [2.24, 2.45) is 0 Å². The van der Waals surface area contributed by atoms with E-state index < -0.39 is 0 Å². The Kier molecular flexibility index (Phi) is 6.46. The molecule has 31 heavy (non-hydrogen) atoms. The number of carbonyl (C=O) groups is 2. The third kappa shape index (κ3) is 4.69. The molecule has 0 spiro atoms. The first-order valence-electron chi connectivity index (χ1n) is 10.4. The van der Waals surface area contributed by atoms with E-state index in [0.29, 0.717) is 25.2 Å². The Morgan fingerprint density at radius 2 is 1.84 bits per heavy atom. The lowest BCUT2D eigenvalue weighted by atomic mass is 10.2. The molecule has 2 heterocycles. The first-order valence-corrected chi connectivity index (χ1v) is 11.3. The molecule has 4 rings (SSSR count). The minimum atomic E-state index is -0.383. The summed E-state index contributed by atoms with van der Waals surface area (Å²) in [6.45, 7) is 4.62. The van der Waals surface area contributed by atoms with Crippen molar-refractivity contribution in [3.05, 3.63) is 54.1 Å².